The van der Waals surface area contributed by atoms with Crippen LogP contribution in [0.2, 0.25) is 0 Å². The van der Waals surface area contributed by atoms with E-state index in [9.17, 15) is 35.4 Å². The molecule has 0 aliphatic heterocycles. The molecule has 178 valence electrons. The molecular formula is C20H24N2O8PS2+. The lowest BCUT2D eigenvalue weighted by molar-refractivity contribution is 0.481. The first-order chi connectivity index (χ1) is 14.3. The maximum Gasteiger partial charge on any atom is 0.546 e. The smallest absolute Gasteiger partial charge is 0.344 e. The summed E-state index contributed by atoms with van der Waals surface area (Å²) < 4.78 is 77.6. The summed E-state index contributed by atoms with van der Waals surface area (Å²) >= 11 is 0. The van der Waals surface area contributed by atoms with E-state index in [0.717, 1.165) is 0 Å². The second-order valence-electron chi connectivity index (χ2n) is 6.88. The fraction of sp³-hybridized carbons (Fsp3) is 0.100. The first-order valence-electron chi connectivity index (χ1n) is 8.77. The number of rotatable bonds is 5. The van der Waals surface area contributed by atoms with Crippen molar-refractivity contribution in [1.29, 1.82) is 0 Å². The molecule has 0 heterocycles. The van der Waals surface area contributed by atoms with Gasteiger partial charge in [0.1, 0.15) is 0 Å². The highest BCUT2D eigenvalue weighted by Crippen LogP contribution is 2.39. The summed E-state index contributed by atoms with van der Waals surface area (Å²) in [6, 6.07) is 12.3. The average molecular weight is 516 g/mol. The van der Waals surface area contributed by atoms with Crippen LogP contribution in [0.5, 0.6) is 0 Å². The lowest BCUT2D eigenvalue weighted by atomic mass is 9.90. The summed E-state index contributed by atoms with van der Waals surface area (Å²) in [5, 5.41) is -0.000235. The predicted molar refractivity (Wildman–Crippen MR) is 126 cm³/mol. The van der Waals surface area contributed by atoms with Crippen LogP contribution in [0.15, 0.2) is 64.4 Å². The Kier molecular flexibility index (Phi) is 8.77. The first-order valence-corrected chi connectivity index (χ1v) is 12.9. The van der Waals surface area contributed by atoms with Crippen LogP contribution in [0.4, 0.5) is 0 Å². The molecule has 0 amide bonds. The molecule has 0 radical (unpaired) electrons. The second kappa shape index (κ2) is 10.2. The molecule has 0 aliphatic rings. The van der Waals surface area contributed by atoms with Gasteiger partial charge in [-0.3, -0.25) is 9.11 Å². The van der Waals surface area contributed by atoms with Gasteiger partial charge in [0.05, 0.1) is 9.79 Å². The average Bonchev–Trinajstić information content (AvgIpc) is 2.66. The van der Waals surface area contributed by atoms with Crippen LogP contribution in [-0.4, -0.2) is 30.8 Å². The molecule has 13 heteroatoms. The topological polar surface area (TPSA) is 216 Å². The largest absolute Gasteiger partial charge is 0.546 e. The maximum atomic E-state index is 12.1. The quantitative estimate of drug-likeness (QED) is 0.244. The van der Waals surface area contributed by atoms with Crippen molar-refractivity contribution in [2.45, 2.75) is 23.6 Å². The van der Waals surface area contributed by atoms with E-state index in [1.54, 1.807) is 19.9 Å². The zero-order valence-corrected chi connectivity index (χ0v) is 20.3. The van der Waals surface area contributed by atoms with E-state index >= 15 is 0 Å². The third-order valence-electron chi connectivity index (χ3n) is 4.82. The molecule has 0 aliphatic carbocycles. The summed E-state index contributed by atoms with van der Waals surface area (Å²) in [6.07, 6.45) is 0. The number of hydrogen-bond donors (Lipinski definition) is 5. The van der Waals surface area contributed by atoms with Crippen LogP contribution in [-0.2, 0) is 24.8 Å². The van der Waals surface area contributed by atoms with E-state index in [2.05, 4.69) is 0 Å². The van der Waals surface area contributed by atoms with Crippen molar-refractivity contribution in [3.8, 4) is 22.3 Å². The number of benzene rings is 3. The molecule has 0 bridgehead atoms. The summed E-state index contributed by atoms with van der Waals surface area (Å²) in [5.41, 5.74) is 2.37. The fourth-order valence-corrected chi connectivity index (χ4v) is 4.95. The van der Waals surface area contributed by atoms with E-state index in [1.165, 1.54) is 48.5 Å². The normalized spacial score (nSPS) is 11.8. The lowest BCUT2D eigenvalue weighted by Crippen LogP contribution is -2.07. The van der Waals surface area contributed by atoms with Gasteiger partial charge in [-0.2, -0.15) is 21.7 Å². The highest BCUT2D eigenvalue weighted by atomic mass is 32.2. The van der Waals surface area contributed by atoms with Crippen molar-refractivity contribution in [2.75, 3.05) is 0 Å². The Balaban J connectivity index is 0.00000272. The van der Waals surface area contributed by atoms with Crippen LogP contribution in [0.25, 0.3) is 22.3 Å². The highest BCUT2D eigenvalue weighted by Gasteiger charge is 2.28. The van der Waals surface area contributed by atoms with Gasteiger partial charge in [-0.05, 0) is 76.6 Å². The Bertz CT molecular complexity index is 1440. The summed E-state index contributed by atoms with van der Waals surface area (Å²) in [4.78, 5) is 9.16. The molecule has 0 saturated heterocycles. The zero-order valence-electron chi connectivity index (χ0n) is 17.8. The second-order valence-corrected chi connectivity index (χ2v) is 10.7. The molecule has 3 rings (SSSR count). The molecule has 0 spiro atoms. The maximum absolute atomic E-state index is 12.1. The molecule has 1 unspecified atom stereocenters. The van der Waals surface area contributed by atoms with Crippen molar-refractivity contribution < 1.29 is 35.4 Å². The van der Waals surface area contributed by atoms with E-state index in [1.807, 2.05) is 0 Å². The molecule has 0 fully saturated rings. The van der Waals surface area contributed by atoms with Crippen molar-refractivity contribution in [3.63, 3.8) is 0 Å². The van der Waals surface area contributed by atoms with Gasteiger partial charge in [0.2, 0.25) is 5.30 Å². The summed E-state index contributed by atoms with van der Waals surface area (Å²) in [5.74, 6) is 0. The highest BCUT2D eigenvalue weighted by molar-refractivity contribution is 7.86. The third-order valence-corrected chi connectivity index (χ3v) is 7.31. The molecule has 3 aromatic carbocycles. The van der Waals surface area contributed by atoms with Gasteiger partial charge in [0, 0.05) is 5.56 Å². The van der Waals surface area contributed by atoms with Crippen LogP contribution in [0.1, 0.15) is 11.1 Å². The Labute approximate surface area is 192 Å². The van der Waals surface area contributed by atoms with Crippen molar-refractivity contribution in [1.82, 2.24) is 12.3 Å². The standard InChI is InChI=1S/C20H17O8PS2.2H3N/c1-12-6-8-14(30(23,24)25)10-17(12)16-4-3-5-19(29(21)22)20(16)18-11-15(31(26,27)28)9-7-13(18)2;;/h3-11H,1-2H3,(H2-,21,22,23,24,25,26,27,28);2*1H3/p+1. The minimum atomic E-state index is -4.54. The molecule has 10 nitrogen and oxygen atoms in total. The monoisotopic (exact) mass is 515 g/mol. The van der Waals surface area contributed by atoms with E-state index in [-0.39, 0.29) is 33.6 Å². The Hall–Kier alpha value is -2.54. The van der Waals surface area contributed by atoms with E-state index in [4.69, 9.17) is 0 Å². The van der Waals surface area contributed by atoms with Crippen LogP contribution >= 0.6 is 8.03 Å². The number of hydrogen-bond acceptors (Lipinski definition) is 7. The SMILES string of the molecule is Cc1ccc(S(=O)(=O)O)cc1-c1cccc([P+](=O)O)c1-c1cc(S(=O)(=O)O)ccc1C.N.N. The van der Waals surface area contributed by atoms with Crippen LogP contribution in [0, 0.1) is 13.8 Å². The van der Waals surface area contributed by atoms with Crippen molar-refractivity contribution in [2.24, 2.45) is 0 Å². The van der Waals surface area contributed by atoms with E-state index < -0.39 is 33.2 Å². The minimum Gasteiger partial charge on any atom is -0.344 e. The van der Waals surface area contributed by atoms with Crippen LogP contribution in [0.3, 0.4) is 0 Å². The van der Waals surface area contributed by atoms with Gasteiger partial charge in [-0.1, -0.05) is 24.3 Å². The lowest BCUT2D eigenvalue weighted by Gasteiger charge is -2.15. The minimum absolute atomic E-state index is 0. The molecule has 3 aromatic rings. The number of aryl methyl sites for hydroxylation is 2. The van der Waals surface area contributed by atoms with Gasteiger partial charge < -0.3 is 12.3 Å². The third kappa shape index (κ3) is 5.88. The van der Waals surface area contributed by atoms with Crippen molar-refractivity contribution in [3.05, 3.63) is 65.7 Å². The molecule has 9 N–H and O–H groups in total. The predicted octanol–water partition coefficient (Wildman–Crippen LogP) is 3.81. The zero-order chi connectivity index (χ0) is 23.1. The van der Waals surface area contributed by atoms with Crippen molar-refractivity contribution >= 4 is 33.6 Å². The molecule has 1 atom stereocenters. The molecular weight excluding hydrogens is 491 g/mol. The molecule has 33 heavy (non-hydrogen) atoms. The summed E-state index contributed by atoms with van der Waals surface area (Å²) in [6.45, 7) is 3.36. The van der Waals surface area contributed by atoms with Gasteiger partial charge in [0.25, 0.3) is 20.2 Å². The first kappa shape index (κ1) is 28.5. The van der Waals surface area contributed by atoms with E-state index in [0.29, 0.717) is 22.3 Å². The molecule has 0 aromatic heterocycles. The van der Waals surface area contributed by atoms with Gasteiger partial charge in [0.15, 0.2) is 0 Å². The van der Waals surface area contributed by atoms with Crippen LogP contribution < -0.4 is 17.6 Å². The van der Waals surface area contributed by atoms with Gasteiger partial charge in [-0.25, -0.2) is 0 Å². The summed E-state index contributed by atoms with van der Waals surface area (Å²) in [7, 11) is -11.9. The Morgan fingerprint density at radius 1 is 0.697 bits per heavy atom. The fourth-order valence-electron chi connectivity index (χ4n) is 3.29. The van der Waals surface area contributed by atoms with Gasteiger partial charge in [-0.15, -0.1) is 0 Å². The molecule has 0 saturated carbocycles. The van der Waals surface area contributed by atoms with Gasteiger partial charge >= 0.3 is 8.03 Å². The Morgan fingerprint density at radius 3 is 1.61 bits per heavy atom. The Morgan fingerprint density at radius 2 is 1.15 bits per heavy atom.